The molecular weight excluding hydrogens is 360 g/mol. The minimum absolute atomic E-state index is 0.166. The topological polar surface area (TPSA) is 119 Å². The van der Waals surface area contributed by atoms with Gasteiger partial charge in [-0.25, -0.2) is 4.98 Å². The lowest BCUT2D eigenvalue weighted by Crippen LogP contribution is -2.51. The van der Waals surface area contributed by atoms with Crippen molar-refractivity contribution >= 4 is 11.9 Å². The van der Waals surface area contributed by atoms with Gasteiger partial charge in [0.1, 0.15) is 12.8 Å². The molecule has 0 radical (unpaired) electrons. The molecule has 1 aromatic carbocycles. The van der Waals surface area contributed by atoms with Crippen LogP contribution in [0.4, 0.5) is 0 Å². The van der Waals surface area contributed by atoms with Crippen molar-refractivity contribution in [1.29, 1.82) is 0 Å². The molecule has 0 bridgehead atoms. The molecule has 0 saturated heterocycles. The van der Waals surface area contributed by atoms with Gasteiger partial charge < -0.3 is 20.1 Å². The average molecular weight is 388 g/mol. The number of amides is 1. The summed E-state index contributed by atoms with van der Waals surface area (Å²) in [5.41, 5.74) is 7.29. The molecule has 152 valence electrons. The highest BCUT2D eigenvalue weighted by Crippen LogP contribution is 2.10. The van der Waals surface area contributed by atoms with Crippen molar-refractivity contribution in [3.63, 3.8) is 0 Å². The Morgan fingerprint density at radius 2 is 1.96 bits per heavy atom. The molecule has 0 aliphatic heterocycles. The van der Waals surface area contributed by atoms with E-state index in [2.05, 4.69) is 10.3 Å². The van der Waals surface area contributed by atoms with Crippen LogP contribution in [0.2, 0.25) is 0 Å². The summed E-state index contributed by atoms with van der Waals surface area (Å²) < 4.78 is 7.49. The third kappa shape index (κ3) is 6.79. The Morgan fingerprint density at radius 1 is 1.25 bits per heavy atom. The number of aliphatic carboxylic acids is 1. The number of primary amides is 1. The van der Waals surface area contributed by atoms with E-state index in [4.69, 9.17) is 10.5 Å². The highest BCUT2D eigenvalue weighted by Gasteiger charge is 2.26. The minimum Gasteiger partial charge on any atom is -0.480 e. The fourth-order valence-electron chi connectivity index (χ4n) is 2.88. The number of imidazole rings is 1. The number of carbonyl (C=O) groups excluding carboxylic acids is 1. The van der Waals surface area contributed by atoms with E-state index in [9.17, 15) is 14.7 Å². The Morgan fingerprint density at radius 3 is 2.57 bits per heavy atom. The third-order valence-corrected chi connectivity index (χ3v) is 4.30. The molecule has 0 saturated carbocycles. The van der Waals surface area contributed by atoms with Gasteiger partial charge in [0.15, 0.2) is 0 Å². The Bertz CT molecular complexity index is 761. The molecule has 2 aromatic rings. The minimum atomic E-state index is -1.00. The molecule has 8 heteroatoms. The lowest BCUT2D eigenvalue weighted by molar-refractivity contribution is -0.140. The van der Waals surface area contributed by atoms with Gasteiger partial charge in [0.05, 0.1) is 19.0 Å². The first-order valence-corrected chi connectivity index (χ1v) is 9.25. The molecule has 28 heavy (non-hydrogen) atoms. The highest BCUT2D eigenvalue weighted by atomic mass is 16.5. The number of ether oxygens (including phenoxy) is 1. The number of carboxylic acid groups (broad SMARTS) is 1. The SMILES string of the molecule is CC(C)CC(NC(Cc1cncn1COCc1ccccc1)C(N)=O)C(=O)O. The maximum absolute atomic E-state index is 11.9. The van der Waals surface area contributed by atoms with Crippen LogP contribution in [0.3, 0.4) is 0 Å². The van der Waals surface area contributed by atoms with Gasteiger partial charge in [-0.15, -0.1) is 0 Å². The number of nitrogens with zero attached hydrogens (tertiary/aromatic N) is 2. The highest BCUT2D eigenvalue weighted by molar-refractivity contribution is 5.81. The molecule has 0 aliphatic rings. The fraction of sp³-hybridized carbons (Fsp3) is 0.450. The summed E-state index contributed by atoms with van der Waals surface area (Å²) in [5, 5.41) is 12.3. The summed E-state index contributed by atoms with van der Waals surface area (Å²) >= 11 is 0. The maximum Gasteiger partial charge on any atom is 0.320 e. The van der Waals surface area contributed by atoms with Crippen molar-refractivity contribution < 1.29 is 19.4 Å². The van der Waals surface area contributed by atoms with Gasteiger partial charge >= 0.3 is 5.97 Å². The standard InChI is InChI=1S/C20H28N4O4/c1-14(2)8-18(20(26)27)23-17(19(21)25)9-16-10-22-12-24(16)13-28-11-15-6-4-3-5-7-15/h3-7,10,12,14,17-18,23H,8-9,11,13H2,1-2H3,(H2,21,25)(H,26,27). The predicted octanol–water partition coefficient (Wildman–Crippen LogP) is 1.54. The van der Waals surface area contributed by atoms with Crippen molar-refractivity contribution in [3.05, 3.63) is 54.1 Å². The van der Waals surface area contributed by atoms with E-state index in [0.717, 1.165) is 11.3 Å². The van der Waals surface area contributed by atoms with E-state index in [1.54, 1.807) is 17.1 Å². The molecule has 2 rings (SSSR count). The van der Waals surface area contributed by atoms with Gasteiger partial charge in [-0.2, -0.15) is 0 Å². The first-order chi connectivity index (χ1) is 13.4. The largest absolute Gasteiger partial charge is 0.480 e. The number of benzene rings is 1. The molecule has 0 spiro atoms. The Balaban J connectivity index is 1.98. The Labute approximate surface area is 164 Å². The summed E-state index contributed by atoms with van der Waals surface area (Å²) in [7, 11) is 0. The van der Waals surface area contributed by atoms with E-state index >= 15 is 0 Å². The van der Waals surface area contributed by atoms with Crippen LogP contribution in [0.15, 0.2) is 42.9 Å². The van der Waals surface area contributed by atoms with Crippen LogP contribution in [0.25, 0.3) is 0 Å². The number of carbonyl (C=O) groups is 2. The zero-order valence-electron chi connectivity index (χ0n) is 16.2. The molecule has 0 aliphatic carbocycles. The Hall–Kier alpha value is -2.71. The van der Waals surface area contributed by atoms with Gasteiger partial charge in [0.2, 0.25) is 5.91 Å². The normalized spacial score (nSPS) is 13.4. The molecule has 2 unspecified atom stereocenters. The van der Waals surface area contributed by atoms with Crippen LogP contribution >= 0.6 is 0 Å². The predicted molar refractivity (Wildman–Crippen MR) is 104 cm³/mol. The molecule has 4 N–H and O–H groups in total. The van der Waals surface area contributed by atoms with Crippen LogP contribution in [-0.2, 0) is 34.1 Å². The molecule has 8 nitrogen and oxygen atoms in total. The van der Waals surface area contributed by atoms with Gasteiger partial charge in [-0.1, -0.05) is 44.2 Å². The molecule has 0 fully saturated rings. The molecule has 2 atom stereocenters. The van der Waals surface area contributed by atoms with E-state index in [1.165, 1.54) is 0 Å². The first-order valence-electron chi connectivity index (χ1n) is 9.25. The van der Waals surface area contributed by atoms with Crippen molar-refractivity contribution in [1.82, 2.24) is 14.9 Å². The summed E-state index contributed by atoms with van der Waals surface area (Å²) in [5.74, 6) is -1.44. The average Bonchev–Trinajstić information content (AvgIpc) is 3.08. The first kappa shape index (κ1) is 21.6. The quantitative estimate of drug-likeness (QED) is 0.507. The summed E-state index contributed by atoms with van der Waals surface area (Å²) in [6.07, 6.45) is 3.87. The van der Waals surface area contributed by atoms with Gasteiger partial charge in [0, 0.05) is 18.3 Å². The smallest absolute Gasteiger partial charge is 0.320 e. The second kappa shape index (κ2) is 10.6. The second-order valence-electron chi connectivity index (χ2n) is 7.16. The number of carboxylic acids is 1. The van der Waals surface area contributed by atoms with E-state index in [-0.39, 0.29) is 19.1 Å². The lowest BCUT2D eigenvalue weighted by atomic mass is 10.0. The lowest BCUT2D eigenvalue weighted by Gasteiger charge is -2.22. The van der Waals surface area contributed by atoms with Crippen molar-refractivity contribution in [2.45, 2.75) is 52.1 Å². The van der Waals surface area contributed by atoms with E-state index in [0.29, 0.717) is 13.0 Å². The van der Waals surface area contributed by atoms with Gasteiger partial charge in [-0.05, 0) is 17.9 Å². The second-order valence-corrected chi connectivity index (χ2v) is 7.16. The van der Waals surface area contributed by atoms with E-state index in [1.807, 2.05) is 44.2 Å². The number of nitrogens with one attached hydrogen (secondary N) is 1. The van der Waals surface area contributed by atoms with Gasteiger partial charge in [-0.3, -0.25) is 14.9 Å². The van der Waals surface area contributed by atoms with Crippen LogP contribution in [0, 0.1) is 5.92 Å². The molecule has 1 heterocycles. The molecule has 1 aromatic heterocycles. The maximum atomic E-state index is 11.9. The number of hydrogen-bond acceptors (Lipinski definition) is 5. The van der Waals surface area contributed by atoms with Crippen LogP contribution < -0.4 is 11.1 Å². The zero-order chi connectivity index (χ0) is 20.5. The number of hydrogen-bond donors (Lipinski definition) is 3. The molecular formula is C20H28N4O4. The van der Waals surface area contributed by atoms with Crippen molar-refractivity contribution in [2.75, 3.05) is 0 Å². The molecule has 1 amide bonds. The summed E-state index contributed by atoms with van der Waals surface area (Å²) in [6.45, 7) is 4.57. The van der Waals surface area contributed by atoms with Crippen LogP contribution in [0.5, 0.6) is 0 Å². The number of rotatable bonds is 12. The zero-order valence-corrected chi connectivity index (χ0v) is 16.2. The number of aromatic nitrogens is 2. The summed E-state index contributed by atoms with van der Waals surface area (Å²) in [4.78, 5) is 27.5. The van der Waals surface area contributed by atoms with Crippen molar-refractivity contribution in [2.24, 2.45) is 11.7 Å². The summed E-state index contributed by atoms with van der Waals surface area (Å²) in [6, 6.07) is 8.12. The fourth-order valence-corrected chi connectivity index (χ4v) is 2.88. The van der Waals surface area contributed by atoms with Gasteiger partial charge in [0.25, 0.3) is 0 Å². The van der Waals surface area contributed by atoms with Crippen molar-refractivity contribution in [3.8, 4) is 0 Å². The monoisotopic (exact) mass is 388 g/mol. The number of nitrogens with two attached hydrogens (primary N) is 1. The Kier molecular flexibility index (Phi) is 8.16. The van der Waals surface area contributed by atoms with Crippen LogP contribution in [-0.4, -0.2) is 38.6 Å². The van der Waals surface area contributed by atoms with Crippen LogP contribution in [0.1, 0.15) is 31.5 Å². The van der Waals surface area contributed by atoms with E-state index < -0.39 is 24.0 Å². The third-order valence-electron chi connectivity index (χ3n) is 4.30.